The van der Waals surface area contributed by atoms with Crippen LogP contribution in [0.4, 0.5) is 0 Å². The lowest BCUT2D eigenvalue weighted by Gasteiger charge is -2.03. The Kier molecular flexibility index (Phi) is 2.82. The summed E-state index contributed by atoms with van der Waals surface area (Å²) in [6, 6.07) is 9.32. The molecule has 4 heteroatoms. The van der Waals surface area contributed by atoms with Gasteiger partial charge in [-0.3, -0.25) is 4.98 Å². The van der Waals surface area contributed by atoms with Gasteiger partial charge < -0.3 is 9.84 Å². The molecule has 80 valence electrons. The number of hydrogen-bond donors (Lipinski definition) is 1. The maximum atomic E-state index is 11.6. The van der Waals surface area contributed by atoms with Gasteiger partial charge in [0.1, 0.15) is 11.5 Å². The van der Waals surface area contributed by atoms with E-state index in [2.05, 4.69) is 4.98 Å². The van der Waals surface area contributed by atoms with Crippen molar-refractivity contribution in [1.82, 2.24) is 4.98 Å². The third-order valence-corrected chi connectivity index (χ3v) is 1.93. The Hall–Kier alpha value is -2.36. The highest BCUT2D eigenvalue weighted by molar-refractivity contribution is 5.90. The number of esters is 1. The molecule has 0 atom stereocenters. The van der Waals surface area contributed by atoms with Crippen molar-refractivity contribution in [3.05, 3.63) is 54.4 Å². The molecule has 0 radical (unpaired) electrons. The van der Waals surface area contributed by atoms with Crippen molar-refractivity contribution >= 4 is 5.97 Å². The molecule has 1 aromatic heterocycles. The number of phenols is 1. The summed E-state index contributed by atoms with van der Waals surface area (Å²) in [4.78, 5) is 15.4. The number of aromatic hydroxyl groups is 1. The van der Waals surface area contributed by atoms with Crippen molar-refractivity contribution in [2.75, 3.05) is 0 Å². The molecule has 4 nitrogen and oxygen atoms in total. The van der Waals surface area contributed by atoms with Crippen molar-refractivity contribution in [3.8, 4) is 11.5 Å². The molecule has 1 aromatic carbocycles. The highest BCUT2D eigenvalue weighted by Gasteiger charge is 2.08. The van der Waals surface area contributed by atoms with Crippen molar-refractivity contribution in [2.24, 2.45) is 0 Å². The van der Waals surface area contributed by atoms with Crippen LogP contribution < -0.4 is 4.74 Å². The summed E-state index contributed by atoms with van der Waals surface area (Å²) in [7, 11) is 0. The molecule has 0 saturated carbocycles. The molecule has 16 heavy (non-hydrogen) atoms. The maximum Gasteiger partial charge on any atom is 0.345 e. The first-order valence-electron chi connectivity index (χ1n) is 4.67. The fourth-order valence-electron chi connectivity index (χ4n) is 1.20. The smallest absolute Gasteiger partial charge is 0.345 e. The van der Waals surface area contributed by atoms with Crippen LogP contribution in [0.1, 0.15) is 10.4 Å². The van der Waals surface area contributed by atoms with E-state index in [9.17, 15) is 9.90 Å². The Morgan fingerprint density at radius 3 is 2.81 bits per heavy atom. The summed E-state index contributed by atoms with van der Waals surface area (Å²) < 4.78 is 5.04. The molecular formula is C12H9NO3. The van der Waals surface area contributed by atoms with Crippen LogP contribution in [0.15, 0.2) is 48.8 Å². The Balaban J connectivity index is 2.14. The summed E-state index contributed by atoms with van der Waals surface area (Å²) in [5.74, 6) is -0.149. The fraction of sp³-hybridized carbons (Fsp3) is 0. The predicted molar refractivity (Wildman–Crippen MR) is 57.3 cm³/mol. The number of hydrogen-bond acceptors (Lipinski definition) is 4. The zero-order valence-corrected chi connectivity index (χ0v) is 8.33. The van der Waals surface area contributed by atoms with Gasteiger partial charge in [-0.15, -0.1) is 0 Å². The van der Waals surface area contributed by atoms with E-state index in [1.165, 1.54) is 18.3 Å². The molecule has 1 heterocycles. The van der Waals surface area contributed by atoms with Crippen LogP contribution in [0, 0.1) is 0 Å². The van der Waals surface area contributed by atoms with E-state index in [1.54, 1.807) is 30.5 Å². The third-order valence-electron chi connectivity index (χ3n) is 1.93. The number of rotatable bonds is 2. The predicted octanol–water partition coefficient (Wildman–Crippen LogP) is 2.01. The van der Waals surface area contributed by atoms with Gasteiger partial charge in [0.25, 0.3) is 0 Å². The van der Waals surface area contributed by atoms with Gasteiger partial charge in [0.15, 0.2) is 0 Å². The first-order chi connectivity index (χ1) is 7.75. The number of carbonyl (C=O) groups excluding carboxylic acids is 1. The van der Waals surface area contributed by atoms with Crippen LogP contribution in [0.2, 0.25) is 0 Å². The zero-order valence-electron chi connectivity index (χ0n) is 8.33. The lowest BCUT2D eigenvalue weighted by Crippen LogP contribution is -2.08. The summed E-state index contributed by atoms with van der Waals surface area (Å²) in [6.45, 7) is 0. The lowest BCUT2D eigenvalue weighted by atomic mass is 10.3. The van der Waals surface area contributed by atoms with Crippen LogP contribution in [-0.2, 0) is 0 Å². The zero-order chi connectivity index (χ0) is 11.4. The highest BCUT2D eigenvalue weighted by Crippen LogP contribution is 2.18. The Morgan fingerprint density at radius 1 is 1.25 bits per heavy atom. The average Bonchev–Trinajstić information content (AvgIpc) is 2.30. The lowest BCUT2D eigenvalue weighted by molar-refractivity contribution is 0.0734. The van der Waals surface area contributed by atoms with Crippen LogP contribution in [-0.4, -0.2) is 16.1 Å². The van der Waals surface area contributed by atoms with Gasteiger partial charge in [-0.1, -0.05) is 6.07 Å². The van der Waals surface area contributed by atoms with Gasteiger partial charge in [0.05, 0.1) is 5.56 Å². The van der Waals surface area contributed by atoms with E-state index >= 15 is 0 Å². The van der Waals surface area contributed by atoms with Gasteiger partial charge in [0.2, 0.25) is 0 Å². The van der Waals surface area contributed by atoms with Crippen molar-refractivity contribution < 1.29 is 14.6 Å². The second-order valence-electron chi connectivity index (χ2n) is 3.13. The molecule has 0 aliphatic heterocycles. The monoisotopic (exact) mass is 215 g/mol. The summed E-state index contributed by atoms with van der Waals surface area (Å²) in [5.41, 5.74) is 0.367. The molecule has 0 spiro atoms. The molecular weight excluding hydrogens is 206 g/mol. The van der Waals surface area contributed by atoms with Gasteiger partial charge >= 0.3 is 5.97 Å². The first kappa shape index (κ1) is 10.2. The quantitative estimate of drug-likeness (QED) is 0.615. The summed E-state index contributed by atoms with van der Waals surface area (Å²) >= 11 is 0. The van der Waals surface area contributed by atoms with Crippen LogP contribution in [0.3, 0.4) is 0 Å². The Morgan fingerprint density at radius 2 is 2.12 bits per heavy atom. The molecule has 2 aromatic rings. The molecule has 0 saturated heterocycles. The summed E-state index contributed by atoms with van der Waals surface area (Å²) in [6.07, 6.45) is 3.00. The number of ether oxygens (including phenoxy) is 1. The SMILES string of the molecule is O=C(Oc1cccc(O)c1)c1cccnc1. The minimum atomic E-state index is -0.501. The first-order valence-corrected chi connectivity index (χ1v) is 4.67. The van der Waals surface area contributed by atoms with Gasteiger partial charge in [-0.05, 0) is 24.3 Å². The highest BCUT2D eigenvalue weighted by atomic mass is 16.5. The number of carbonyl (C=O) groups is 1. The van der Waals surface area contributed by atoms with Crippen molar-refractivity contribution in [3.63, 3.8) is 0 Å². The van der Waals surface area contributed by atoms with E-state index in [0.717, 1.165) is 0 Å². The number of phenolic OH excluding ortho intramolecular Hbond substituents is 1. The normalized spacial score (nSPS) is 9.75. The minimum absolute atomic E-state index is 0.0523. The molecule has 1 N–H and O–H groups in total. The molecule has 0 aliphatic carbocycles. The van der Waals surface area contributed by atoms with Crippen molar-refractivity contribution in [2.45, 2.75) is 0 Å². The molecule has 0 aliphatic rings. The molecule has 0 bridgehead atoms. The van der Waals surface area contributed by atoms with E-state index in [-0.39, 0.29) is 5.75 Å². The molecule has 0 amide bonds. The van der Waals surface area contributed by atoms with E-state index in [4.69, 9.17) is 4.74 Å². The number of aromatic nitrogens is 1. The van der Waals surface area contributed by atoms with Gasteiger partial charge in [-0.2, -0.15) is 0 Å². The second kappa shape index (κ2) is 4.44. The molecule has 0 fully saturated rings. The number of nitrogens with zero attached hydrogens (tertiary/aromatic N) is 1. The third kappa shape index (κ3) is 2.36. The van der Waals surface area contributed by atoms with Gasteiger partial charge in [-0.25, -0.2) is 4.79 Å². The van der Waals surface area contributed by atoms with Crippen LogP contribution >= 0.6 is 0 Å². The van der Waals surface area contributed by atoms with E-state index < -0.39 is 5.97 Å². The van der Waals surface area contributed by atoms with Gasteiger partial charge in [0, 0.05) is 18.5 Å². The average molecular weight is 215 g/mol. The largest absolute Gasteiger partial charge is 0.508 e. The Bertz CT molecular complexity index is 497. The minimum Gasteiger partial charge on any atom is -0.508 e. The topological polar surface area (TPSA) is 59.4 Å². The molecule has 2 rings (SSSR count). The standard InChI is InChI=1S/C12H9NO3/c14-10-4-1-5-11(7-10)16-12(15)9-3-2-6-13-8-9/h1-8,14H. The second-order valence-corrected chi connectivity index (χ2v) is 3.13. The number of benzene rings is 1. The molecule has 0 unspecified atom stereocenters. The maximum absolute atomic E-state index is 11.6. The van der Waals surface area contributed by atoms with Crippen LogP contribution in [0.5, 0.6) is 11.5 Å². The fourth-order valence-corrected chi connectivity index (χ4v) is 1.20. The summed E-state index contributed by atoms with van der Waals surface area (Å²) in [5, 5.41) is 9.19. The Labute approximate surface area is 92.1 Å². The van der Waals surface area contributed by atoms with Crippen LogP contribution in [0.25, 0.3) is 0 Å². The van der Waals surface area contributed by atoms with Crippen molar-refractivity contribution in [1.29, 1.82) is 0 Å². The number of pyridine rings is 1. The van der Waals surface area contributed by atoms with E-state index in [0.29, 0.717) is 11.3 Å². The van der Waals surface area contributed by atoms with E-state index in [1.807, 2.05) is 0 Å².